The van der Waals surface area contributed by atoms with Gasteiger partial charge in [-0.15, -0.1) is 11.3 Å². The molecule has 0 atom stereocenters. The van der Waals surface area contributed by atoms with Gasteiger partial charge < -0.3 is 0 Å². The van der Waals surface area contributed by atoms with Gasteiger partial charge in [-0.05, 0) is 45.1 Å². The summed E-state index contributed by atoms with van der Waals surface area (Å²) in [5.41, 5.74) is 1.90. The fraction of sp³-hybridized carbons (Fsp3) is 0.100. The van der Waals surface area contributed by atoms with E-state index in [1.54, 1.807) is 11.3 Å². The minimum absolute atomic E-state index is 0.720. The third-order valence-electron chi connectivity index (χ3n) is 1.94. The molecule has 2 rings (SSSR count). The summed E-state index contributed by atoms with van der Waals surface area (Å²) in [4.78, 5) is 0. The molecular formula is C10H5Br2NS. The van der Waals surface area contributed by atoms with Gasteiger partial charge in [-0.25, -0.2) is 0 Å². The molecule has 0 aliphatic heterocycles. The van der Waals surface area contributed by atoms with Gasteiger partial charge in [0.05, 0.1) is 15.4 Å². The molecule has 0 saturated carbocycles. The van der Waals surface area contributed by atoms with Crippen LogP contribution in [0, 0.1) is 11.3 Å². The monoisotopic (exact) mass is 329 g/mol. The summed E-state index contributed by atoms with van der Waals surface area (Å²) in [6, 6.07) is 8.07. The Bertz CT molecular complexity index is 525. The molecule has 0 spiro atoms. The van der Waals surface area contributed by atoms with Crippen LogP contribution in [0.15, 0.2) is 22.0 Å². The van der Waals surface area contributed by atoms with Crippen LogP contribution in [0.3, 0.4) is 0 Å². The van der Waals surface area contributed by atoms with E-state index in [1.807, 2.05) is 18.2 Å². The van der Waals surface area contributed by atoms with Gasteiger partial charge in [0.25, 0.3) is 0 Å². The van der Waals surface area contributed by atoms with Crippen molar-refractivity contribution in [3.63, 3.8) is 0 Å². The molecule has 0 radical (unpaired) electrons. The van der Waals surface area contributed by atoms with Gasteiger partial charge in [0.1, 0.15) is 0 Å². The predicted molar refractivity (Wildman–Crippen MR) is 66.9 cm³/mol. The number of benzene rings is 1. The zero-order valence-electron chi connectivity index (χ0n) is 7.05. The Morgan fingerprint density at radius 1 is 1.36 bits per heavy atom. The van der Waals surface area contributed by atoms with Gasteiger partial charge in [-0.2, -0.15) is 5.26 Å². The quantitative estimate of drug-likeness (QED) is 0.709. The third kappa shape index (κ3) is 1.72. The number of rotatable bonds is 1. The summed E-state index contributed by atoms with van der Waals surface area (Å²) in [5.74, 6) is 0. The highest BCUT2D eigenvalue weighted by Gasteiger charge is 2.06. The maximum absolute atomic E-state index is 8.85. The summed E-state index contributed by atoms with van der Waals surface area (Å²) >= 11 is 8.59. The van der Waals surface area contributed by atoms with Crippen molar-refractivity contribution in [3.8, 4) is 6.07 Å². The van der Waals surface area contributed by atoms with Crippen molar-refractivity contribution in [2.45, 2.75) is 5.33 Å². The van der Waals surface area contributed by atoms with E-state index < -0.39 is 0 Å². The molecule has 1 nitrogen and oxygen atoms in total. The smallest absolute Gasteiger partial charge is 0.0991 e. The van der Waals surface area contributed by atoms with Crippen molar-refractivity contribution in [2.24, 2.45) is 0 Å². The van der Waals surface area contributed by atoms with Crippen molar-refractivity contribution in [1.82, 2.24) is 0 Å². The second-order valence-electron chi connectivity index (χ2n) is 2.85. The molecule has 2 aromatic rings. The number of nitriles is 1. The van der Waals surface area contributed by atoms with Crippen LogP contribution in [0.5, 0.6) is 0 Å². The van der Waals surface area contributed by atoms with Gasteiger partial charge in [0.15, 0.2) is 0 Å². The number of thiophene rings is 1. The lowest BCUT2D eigenvalue weighted by molar-refractivity contribution is 1.45. The fourth-order valence-electron chi connectivity index (χ4n) is 1.36. The predicted octanol–water partition coefficient (Wildman–Crippen LogP) is 4.43. The molecule has 1 aromatic carbocycles. The summed E-state index contributed by atoms with van der Waals surface area (Å²) in [6.07, 6.45) is 0. The molecule has 70 valence electrons. The topological polar surface area (TPSA) is 23.8 Å². The van der Waals surface area contributed by atoms with Crippen LogP contribution in [0.2, 0.25) is 0 Å². The van der Waals surface area contributed by atoms with E-state index in [1.165, 1.54) is 10.3 Å². The SMILES string of the molecule is N#Cc1cc(CBr)c2sc(Br)cc2c1. The van der Waals surface area contributed by atoms with Gasteiger partial charge in [-0.1, -0.05) is 15.9 Å². The molecule has 4 heteroatoms. The Morgan fingerprint density at radius 3 is 2.79 bits per heavy atom. The van der Waals surface area contributed by atoms with Gasteiger partial charge in [0.2, 0.25) is 0 Å². The number of hydrogen-bond donors (Lipinski definition) is 0. The second-order valence-corrected chi connectivity index (χ2v) is 5.84. The van der Waals surface area contributed by atoms with E-state index in [4.69, 9.17) is 5.26 Å². The highest BCUT2D eigenvalue weighted by Crippen LogP contribution is 2.34. The molecule has 0 unspecified atom stereocenters. The van der Waals surface area contributed by atoms with Crippen molar-refractivity contribution in [1.29, 1.82) is 5.26 Å². The normalized spacial score (nSPS) is 10.4. The minimum Gasteiger partial charge on any atom is -0.192 e. The number of fused-ring (bicyclic) bond motifs is 1. The molecule has 0 fully saturated rings. The Hall–Kier alpha value is -0.370. The first-order chi connectivity index (χ1) is 6.74. The maximum Gasteiger partial charge on any atom is 0.0991 e. The lowest BCUT2D eigenvalue weighted by Crippen LogP contribution is -1.80. The summed E-state index contributed by atoms with van der Waals surface area (Å²) in [7, 11) is 0. The van der Waals surface area contributed by atoms with Crippen LogP contribution in [0.1, 0.15) is 11.1 Å². The zero-order chi connectivity index (χ0) is 10.1. The number of halogens is 2. The lowest BCUT2D eigenvalue weighted by atomic mass is 10.1. The molecule has 0 bridgehead atoms. The molecule has 1 aromatic heterocycles. The Morgan fingerprint density at radius 2 is 2.14 bits per heavy atom. The van der Waals surface area contributed by atoms with Crippen LogP contribution >= 0.6 is 43.2 Å². The number of hydrogen-bond acceptors (Lipinski definition) is 2. The largest absolute Gasteiger partial charge is 0.192 e. The van der Waals surface area contributed by atoms with Crippen LogP contribution < -0.4 is 0 Å². The van der Waals surface area contributed by atoms with Crippen molar-refractivity contribution >= 4 is 53.3 Å². The minimum atomic E-state index is 0.720. The van der Waals surface area contributed by atoms with Gasteiger partial charge in [0, 0.05) is 10.0 Å². The molecule has 0 aliphatic rings. The maximum atomic E-state index is 8.85. The molecule has 0 aliphatic carbocycles. The van der Waals surface area contributed by atoms with Crippen LogP contribution in [-0.4, -0.2) is 0 Å². The highest BCUT2D eigenvalue weighted by atomic mass is 79.9. The fourth-order valence-corrected chi connectivity index (χ4v) is 3.60. The zero-order valence-corrected chi connectivity index (χ0v) is 11.0. The van der Waals surface area contributed by atoms with Gasteiger partial charge >= 0.3 is 0 Å². The van der Waals surface area contributed by atoms with Crippen molar-refractivity contribution in [2.75, 3.05) is 0 Å². The third-order valence-corrected chi connectivity index (χ3v) is 4.27. The molecule has 14 heavy (non-hydrogen) atoms. The Labute approximate surface area is 103 Å². The molecule has 1 heterocycles. The molecule has 0 amide bonds. The average molecular weight is 331 g/mol. The van der Waals surface area contributed by atoms with E-state index in [0.717, 1.165) is 20.1 Å². The van der Waals surface area contributed by atoms with E-state index in [9.17, 15) is 0 Å². The number of alkyl halides is 1. The van der Waals surface area contributed by atoms with Gasteiger partial charge in [-0.3, -0.25) is 0 Å². The first-order valence-corrected chi connectivity index (χ1v) is 6.65. The molecule has 0 N–H and O–H groups in total. The first-order valence-electron chi connectivity index (χ1n) is 3.92. The second kappa shape index (κ2) is 4.01. The highest BCUT2D eigenvalue weighted by molar-refractivity contribution is 9.11. The Kier molecular flexibility index (Phi) is 2.91. The standard InChI is InChI=1S/C10H5Br2NS/c11-4-8-2-6(5-13)1-7-3-9(12)14-10(7)8/h1-3H,4H2. The molecule has 0 saturated heterocycles. The molecular weight excluding hydrogens is 326 g/mol. The first kappa shape index (κ1) is 10.2. The summed E-state index contributed by atoms with van der Waals surface area (Å²) in [5, 5.41) is 10.8. The van der Waals surface area contributed by atoms with E-state index in [-0.39, 0.29) is 0 Å². The number of nitrogens with zero attached hydrogens (tertiary/aromatic N) is 1. The summed E-state index contributed by atoms with van der Waals surface area (Å²) in [6.45, 7) is 0. The Balaban J connectivity index is 2.80. The van der Waals surface area contributed by atoms with E-state index >= 15 is 0 Å². The van der Waals surface area contributed by atoms with Crippen molar-refractivity contribution < 1.29 is 0 Å². The lowest BCUT2D eigenvalue weighted by Gasteiger charge is -1.98. The van der Waals surface area contributed by atoms with Crippen LogP contribution in [0.4, 0.5) is 0 Å². The van der Waals surface area contributed by atoms with E-state index in [2.05, 4.69) is 37.9 Å². The van der Waals surface area contributed by atoms with Crippen LogP contribution in [0.25, 0.3) is 10.1 Å². The van der Waals surface area contributed by atoms with Crippen LogP contribution in [-0.2, 0) is 5.33 Å². The van der Waals surface area contributed by atoms with Crippen molar-refractivity contribution in [3.05, 3.63) is 33.1 Å². The van der Waals surface area contributed by atoms with E-state index in [0.29, 0.717) is 0 Å². The summed E-state index contributed by atoms with van der Waals surface area (Å²) < 4.78 is 2.34. The average Bonchev–Trinajstić information content (AvgIpc) is 2.56.